The molecule has 0 aliphatic heterocycles. The van der Waals surface area contributed by atoms with Crippen molar-refractivity contribution in [3.8, 4) is 11.3 Å². The summed E-state index contributed by atoms with van der Waals surface area (Å²) < 4.78 is 1.67. The average molecular weight is 242 g/mol. The van der Waals surface area contributed by atoms with Crippen LogP contribution in [0.15, 0.2) is 24.7 Å². The molecule has 3 N–H and O–H groups in total. The lowest BCUT2D eigenvalue weighted by Gasteiger charge is -2.00. The van der Waals surface area contributed by atoms with E-state index >= 15 is 0 Å². The Kier molecular flexibility index (Phi) is 2.12. The van der Waals surface area contributed by atoms with E-state index in [9.17, 15) is 4.79 Å². The number of hydrogen-bond donors (Lipinski definition) is 2. The predicted octanol–water partition coefficient (Wildman–Crippen LogP) is 0.527. The fourth-order valence-corrected chi connectivity index (χ4v) is 1.83. The highest BCUT2D eigenvalue weighted by atomic mass is 16.1. The summed E-state index contributed by atoms with van der Waals surface area (Å²) in [5, 5.41) is 10.7. The maximum Gasteiger partial charge on any atom is 0.266 e. The van der Waals surface area contributed by atoms with E-state index in [2.05, 4.69) is 20.3 Å². The van der Waals surface area contributed by atoms with Crippen LogP contribution in [-0.2, 0) is 0 Å². The van der Waals surface area contributed by atoms with Gasteiger partial charge in [0.2, 0.25) is 0 Å². The number of nitrogens with one attached hydrogen (secondary N) is 1. The predicted molar refractivity (Wildman–Crippen MR) is 63.8 cm³/mol. The normalized spacial score (nSPS) is 10.9. The molecule has 3 heterocycles. The van der Waals surface area contributed by atoms with Gasteiger partial charge in [-0.25, -0.2) is 9.50 Å². The van der Waals surface area contributed by atoms with Crippen LogP contribution in [0.5, 0.6) is 0 Å². The Bertz CT molecular complexity index is 741. The van der Waals surface area contributed by atoms with Crippen molar-refractivity contribution in [1.29, 1.82) is 0 Å². The third kappa shape index (κ3) is 1.53. The van der Waals surface area contributed by atoms with Crippen molar-refractivity contribution in [1.82, 2.24) is 24.8 Å². The summed E-state index contributed by atoms with van der Waals surface area (Å²) in [7, 11) is 0. The van der Waals surface area contributed by atoms with Crippen molar-refractivity contribution >= 4 is 11.6 Å². The molecule has 3 rings (SSSR count). The van der Waals surface area contributed by atoms with Gasteiger partial charge >= 0.3 is 0 Å². The largest absolute Gasteiger partial charge is 0.364 e. The van der Waals surface area contributed by atoms with Crippen molar-refractivity contribution in [3.05, 3.63) is 35.9 Å². The Morgan fingerprint density at radius 3 is 3.00 bits per heavy atom. The number of nitrogens with zero attached hydrogens (tertiary/aromatic N) is 4. The van der Waals surface area contributed by atoms with Gasteiger partial charge in [-0.15, -0.1) is 0 Å². The van der Waals surface area contributed by atoms with Crippen LogP contribution in [-0.4, -0.2) is 30.7 Å². The molecule has 3 aromatic rings. The summed E-state index contributed by atoms with van der Waals surface area (Å²) in [6.45, 7) is 1.94. The summed E-state index contributed by atoms with van der Waals surface area (Å²) in [6, 6.07) is 3.55. The number of rotatable bonds is 2. The van der Waals surface area contributed by atoms with Crippen LogP contribution < -0.4 is 5.73 Å². The van der Waals surface area contributed by atoms with Crippen LogP contribution in [0.4, 0.5) is 0 Å². The van der Waals surface area contributed by atoms with Crippen molar-refractivity contribution in [3.63, 3.8) is 0 Å². The number of primary amides is 1. The molecule has 0 radical (unpaired) electrons. The first-order chi connectivity index (χ1) is 8.65. The second-order valence-corrected chi connectivity index (χ2v) is 3.97. The molecule has 0 saturated heterocycles. The van der Waals surface area contributed by atoms with Gasteiger partial charge in [0.15, 0.2) is 5.65 Å². The van der Waals surface area contributed by atoms with Crippen LogP contribution in [0.3, 0.4) is 0 Å². The molecule has 0 aliphatic carbocycles. The van der Waals surface area contributed by atoms with E-state index in [0.29, 0.717) is 5.69 Å². The van der Waals surface area contributed by atoms with E-state index in [-0.39, 0.29) is 5.69 Å². The maximum atomic E-state index is 11.0. The summed E-state index contributed by atoms with van der Waals surface area (Å²) in [6.07, 6.45) is 3.29. The van der Waals surface area contributed by atoms with Gasteiger partial charge in [-0.3, -0.25) is 9.89 Å². The number of fused-ring (bicyclic) bond motifs is 1. The second-order valence-electron chi connectivity index (χ2n) is 3.97. The number of amides is 1. The van der Waals surface area contributed by atoms with E-state index in [1.54, 1.807) is 16.8 Å². The molecule has 0 bridgehead atoms. The van der Waals surface area contributed by atoms with Gasteiger partial charge in [0, 0.05) is 11.8 Å². The number of nitrogens with two attached hydrogens (primary N) is 1. The molecule has 0 atom stereocenters. The smallest absolute Gasteiger partial charge is 0.266 e. The van der Waals surface area contributed by atoms with Crippen molar-refractivity contribution < 1.29 is 4.79 Å². The zero-order chi connectivity index (χ0) is 12.7. The lowest BCUT2D eigenvalue weighted by atomic mass is 10.1. The molecule has 0 aromatic carbocycles. The zero-order valence-electron chi connectivity index (χ0n) is 9.58. The molecule has 1 amide bonds. The van der Waals surface area contributed by atoms with E-state index in [1.807, 2.05) is 13.0 Å². The van der Waals surface area contributed by atoms with Crippen LogP contribution in [0, 0.1) is 6.92 Å². The first-order valence-electron chi connectivity index (χ1n) is 5.31. The Hall–Kier alpha value is -2.70. The summed E-state index contributed by atoms with van der Waals surface area (Å²) in [5.74, 6) is -0.535. The molecule has 0 spiro atoms. The molecule has 0 saturated carbocycles. The third-order valence-corrected chi connectivity index (χ3v) is 2.70. The molecular formula is C11H10N6O. The van der Waals surface area contributed by atoms with Crippen molar-refractivity contribution in [2.75, 3.05) is 0 Å². The Balaban J connectivity index is 2.15. The highest BCUT2D eigenvalue weighted by molar-refractivity contribution is 5.91. The van der Waals surface area contributed by atoms with Crippen molar-refractivity contribution in [2.45, 2.75) is 6.92 Å². The van der Waals surface area contributed by atoms with Gasteiger partial charge in [-0.1, -0.05) is 0 Å². The molecule has 90 valence electrons. The topological polar surface area (TPSA) is 102 Å². The Morgan fingerprint density at radius 1 is 1.44 bits per heavy atom. The number of carbonyl (C=O) groups excluding carboxylic acids is 1. The van der Waals surface area contributed by atoms with Gasteiger partial charge in [-0.2, -0.15) is 10.2 Å². The monoisotopic (exact) mass is 242 g/mol. The van der Waals surface area contributed by atoms with Crippen LogP contribution in [0.25, 0.3) is 16.9 Å². The first kappa shape index (κ1) is 10.5. The standard InChI is InChI=1S/C11H10N6O/c1-6-2-7(4-17-11(6)13-5-14-17)8-3-9(10(12)18)16-15-8/h2-5H,1H3,(H2,12,18)(H,15,16). The van der Waals surface area contributed by atoms with Crippen LogP contribution in [0.1, 0.15) is 16.1 Å². The van der Waals surface area contributed by atoms with E-state index in [4.69, 9.17) is 5.73 Å². The van der Waals surface area contributed by atoms with Gasteiger partial charge in [0.1, 0.15) is 12.0 Å². The molecule has 7 nitrogen and oxygen atoms in total. The molecule has 0 aliphatic rings. The molecule has 7 heteroatoms. The minimum atomic E-state index is -0.535. The number of carbonyl (C=O) groups is 1. The third-order valence-electron chi connectivity index (χ3n) is 2.70. The lowest BCUT2D eigenvalue weighted by molar-refractivity contribution is 0.0995. The Labute approximate surface area is 102 Å². The zero-order valence-corrected chi connectivity index (χ0v) is 9.58. The number of aromatic amines is 1. The molecule has 3 aromatic heterocycles. The van der Waals surface area contributed by atoms with Crippen molar-refractivity contribution in [2.24, 2.45) is 5.73 Å². The van der Waals surface area contributed by atoms with Gasteiger partial charge in [-0.05, 0) is 24.6 Å². The van der Waals surface area contributed by atoms with Crippen LogP contribution >= 0.6 is 0 Å². The molecule has 0 fully saturated rings. The number of hydrogen-bond acceptors (Lipinski definition) is 4. The minimum Gasteiger partial charge on any atom is -0.364 e. The quantitative estimate of drug-likeness (QED) is 0.684. The van der Waals surface area contributed by atoms with Gasteiger partial charge in [0.05, 0.1) is 5.69 Å². The lowest BCUT2D eigenvalue weighted by Crippen LogP contribution is -2.10. The van der Waals surface area contributed by atoms with E-state index in [1.165, 1.54) is 6.33 Å². The number of pyridine rings is 1. The maximum absolute atomic E-state index is 11.0. The molecular weight excluding hydrogens is 232 g/mol. The average Bonchev–Trinajstić information content (AvgIpc) is 2.97. The fourth-order valence-electron chi connectivity index (χ4n) is 1.83. The number of H-pyrrole nitrogens is 1. The van der Waals surface area contributed by atoms with E-state index < -0.39 is 5.91 Å². The minimum absolute atomic E-state index is 0.279. The fraction of sp³-hybridized carbons (Fsp3) is 0.0909. The SMILES string of the molecule is Cc1cc(-c2cc(C(N)=O)[nH]n2)cn2ncnc12. The first-order valence-corrected chi connectivity index (χ1v) is 5.31. The number of aromatic nitrogens is 5. The number of aryl methyl sites for hydroxylation is 1. The second kappa shape index (κ2) is 3.66. The summed E-state index contributed by atoms with van der Waals surface area (Å²) in [5.41, 5.74) is 8.71. The summed E-state index contributed by atoms with van der Waals surface area (Å²) in [4.78, 5) is 15.1. The van der Waals surface area contributed by atoms with Crippen LogP contribution in [0.2, 0.25) is 0 Å². The highest BCUT2D eigenvalue weighted by Crippen LogP contribution is 2.20. The highest BCUT2D eigenvalue weighted by Gasteiger charge is 2.10. The Morgan fingerprint density at radius 2 is 2.28 bits per heavy atom. The summed E-state index contributed by atoms with van der Waals surface area (Å²) >= 11 is 0. The molecule has 18 heavy (non-hydrogen) atoms. The van der Waals surface area contributed by atoms with Gasteiger partial charge < -0.3 is 5.73 Å². The molecule has 0 unspecified atom stereocenters. The van der Waals surface area contributed by atoms with Gasteiger partial charge in [0.25, 0.3) is 5.91 Å². The van der Waals surface area contributed by atoms with E-state index in [0.717, 1.165) is 16.8 Å².